The predicted octanol–water partition coefficient (Wildman–Crippen LogP) is 5.43. The second kappa shape index (κ2) is 5.87. The Morgan fingerprint density at radius 2 is 2.00 bits per heavy atom. The SMILES string of the molecule is CC1=CC(Cc2ccc(I)c(C)c2)CC=C1I. The van der Waals surface area contributed by atoms with E-state index in [0.717, 1.165) is 6.42 Å². The van der Waals surface area contributed by atoms with Gasteiger partial charge in [-0.1, -0.05) is 24.3 Å². The molecule has 2 rings (SSSR count). The van der Waals surface area contributed by atoms with E-state index in [1.807, 2.05) is 0 Å². The van der Waals surface area contributed by atoms with E-state index in [4.69, 9.17) is 0 Å². The minimum absolute atomic E-state index is 0.674. The van der Waals surface area contributed by atoms with E-state index in [1.165, 1.54) is 30.3 Å². The molecule has 0 saturated heterocycles. The third-order valence-electron chi connectivity index (χ3n) is 3.18. The van der Waals surface area contributed by atoms with Crippen LogP contribution >= 0.6 is 45.2 Å². The highest BCUT2D eigenvalue weighted by Crippen LogP contribution is 2.29. The van der Waals surface area contributed by atoms with E-state index < -0.39 is 0 Å². The maximum atomic E-state index is 2.43. The lowest BCUT2D eigenvalue weighted by Crippen LogP contribution is -2.05. The molecule has 0 amide bonds. The van der Waals surface area contributed by atoms with Crippen molar-refractivity contribution in [1.82, 2.24) is 0 Å². The van der Waals surface area contributed by atoms with Gasteiger partial charge in [-0.25, -0.2) is 0 Å². The first-order chi connectivity index (χ1) is 8.06. The fourth-order valence-electron chi connectivity index (χ4n) is 2.20. The van der Waals surface area contributed by atoms with Gasteiger partial charge in [-0.3, -0.25) is 0 Å². The largest absolute Gasteiger partial charge is 0.0768 e. The number of aryl methyl sites for hydroxylation is 1. The van der Waals surface area contributed by atoms with E-state index >= 15 is 0 Å². The summed E-state index contributed by atoms with van der Waals surface area (Å²) in [6.07, 6.45) is 7.13. The molecule has 0 spiro atoms. The summed E-state index contributed by atoms with van der Waals surface area (Å²) in [4.78, 5) is 0. The summed E-state index contributed by atoms with van der Waals surface area (Å²) in [7, 11) is 0. The highest BCUT2D eigenvalue weighted by Gasteiger charge is 2.12. The van der Waals surface area contributed by atoms with E-state index in [1.54, 1.807) is 0 Å². The van der Waals surface area contributed by atoms with Gasteiger partial charge in [-0.05, 0) is 101 Å². The van der Waals surface area contributed by atoms with Crippen molar-refractivity contribution < 1.29 is 0 Å². The van der Waals surface area contributed by atoms with Gasteiger partial charge < -0.3 is 0 Å². The maximum absolute atomic E-state index is 2.43. The smallest absolute Gasteiger partial charge is 0.0159 e. The van der Waals surface area contributed by atoms with E-state index in [-0.39, 0.29) is 0 Å². The third-order valence-corrected chi connectivity index (χ3v) is 5.68. The van der Waals surface area contributed by atoms with E-state index in [0.29, 0.717) is 5.92 Å². The number of allylic oxidation sites excluding steroid dienone is 4. The zero-order chi connectivity index (χ0) is 12.4. The lowest BCUT2D eigenvalue weighted by Gasteiger charge is -2.17. The van der Waals surface area contributed by atoms with Crippen molar-refractivity contribution in [2.45, 2.75) is 26.7 Å². The normalized spacial score (nSPS) is 19.9. The molecule has 1 unspecified atom stereocenters. The van der Waals surface area contributed by atoms with Gasteiger partial charge in [-0.2, -0.15) is 0 Å². The molecule has 17 heavy (non-hydrogen) atoms. The second-order valence-electron chi connectivity index (χ2n) is 4.69. The van der Waals surface area contributed by atoms with Gasteiger partial charge in [0.1, 0.15) is 0 Å². The lowest BCUT2D eigenvalue weighted by molar-refractivity contribution is 0.647. The fraction of sp³-hybridized carbons (Fsp3) is 0.333. The molecule has 0 radical (unpaired) electrons. The van der Waals surface area contributed by atoms with Crippen molar-refractivity contribution in [3.05, 3.63) is 54.2 Å². The summed E-state index contributed by atoms with van der Waals surface area (Å²) in [5, 5.41) is 0. The van der Waals surface area contributed by atoms with Crippen LogP contribution in [0.1, 0.15) is 24.5 Å². The number of benzene rings is 1. The van der Waals surface area contributed by atoms with E-state index in [9.17, 15) is 0 Å². The number of rotatable bonds is 2. The number of hydrogen-bond donors (Lipinski definition) is 0. The van der Waals surface area contributed by atoms with Gasteiger partial charge in [0.15, 0.2) is 0 Å². The monoisotopic (exact) mass is 450 g/mol. The van der Waals surface area contributed by atoms with Crippen LogP contribution in [0.3, 0.4) is 0 Å². The molecule has 0 aromatic heterocycles. The van der Waals surface area contributed by atoms with E-state index in [2.05, 4.69) is 89.4 Å². The van der Waals surface area contributed by atoms with Gasteiger partial charge in [0.2, 0.25) is 0 Å². The standard InChI is InChI=1S/C15H16I2/c1-10-7-12(3-5-14(10)16)9-13-4-6-15(17)11(2)8-13/h3,5-8,13H,4,9H2,1-2H3. The Hall–Kier alpha value is 0.160. The van der Waals surface area contributed by atoms with Crippen molar-refractivity contribution in [1.29, 1.82) is 0 Å². The van der Waals surface area contributed by atoms with Crippen LogP contribution in [0.5, 0.6) is 0 Å². The first kappa shape index (κ1) is 13.6. The topological polar surface area (TPSA) is 0 Å². The Balaban J connectivity index is 2.10. The lowest BCUT2D eigenvalue weighted by atomic mass is 9.90. The Labute approximate surface area is 131 Å². The van der Waals surface area contributed by atoms with Crippen LogP contribution in [-0.4, -0.2) is 0 Å². The molecule has 0 bridgehead atoms. The number of halogens is 2. The molecule has 1 aliphatic carbocycles. The minimum atomic E-state index is 0.674. The van der Waals surface area contributed by atoms with Crippen molar-refractivity contribution in [3.63, 3.8) is 0 Å². The van der Waals surface area contributed by atoms with Gasteiger partial charge in [0.25, 0.3) is 0 Å². The summed E-state index contributed by atoms with van der Waals surface area (Å²) < 4.78 is 2.77. The first-order valence-electron chi connectivity index (χ1n) is 5.85. The van der Waals surface area contributed by atoms with Gasteiger partial charge in [0.05, 0.1) is 0 Å². The molecule has 0 heterocycles. The van der Waals surface area contributed by atoms with Gasteiger partial charge >= 0.3 is 0 Å². The minimum Gasteiger partial charge on any atom is -0.0768 e. The molecule has 1 aromatic rings. The molecule has 0 aliphatic heterocycles. The van der Waals surface area contributed by atoms with Gasteiger partial charge in [0, 0.05) is 7.15 Å². The Morgan fingerprint density at radius 3 is 2.65 bits per heavy atom. The third kappa shape index (κ3) is 3.56. The summed E-state index contributed by atoms with van der Waals surface area (Å²) in [6.45, 7) is 4.40. The highest BCUT2D eigenvalue weighted by molar-refractivity contribution is 14.1. The maximum Gasteiger partial charge on any atom is 0.0159 e. The van der Waals surface area contributed by atoms with Crippen LogP contribution in [0.4, 0.5) is 0 Å². The Morgan fingerprint density at radius 1 is 1.24 bits per heavy atom. The van der Waals surface area contributed by atoms with Crippen LogP contribution in [0, 0.1) is 16.4 Å². The molecule has 1 aliphatic rings. The molecule has 1 aromatic carbocycles. The Bertz CT molecular complexity index is 484. The summed E-state index contributed by atoms with van der Waals surface area (Å²) in [5.74, 6) is 0.674. The molecule has 1 atom stereocenters. The zero-order valence-electron chi connectivity index (χ0n) is 10.1. The average Bonchev–Trinajstić information content (AvgIpc) is 2.29. The average molecular weight is 450 g/mol. The summed E-state index contributed by atoms with van der Waals surface area (Å²) in [5.41, 5.74) is 4.29. The second-order valence-corrected chi connectivity index (χ2v) is 7.01. The van der Waals surface area contributed by atoms with Gasteiger partial charge in [-0.15, -0.1) is 0 Å². The molecule has 90 valence electrons. The highest BCUT2D eigenvalue weighted by atomic mass is 127. The van der Waals surface area contributed by atoms with Crippen molar-refractivity contribution in [2.24, 2.45) is 5.92 Å². The van der Waals surface area contributed by atoms with Crippen LogP contribution in [0.15, 0.2) is 39.5 Å². The van der Waals surface area contributed by atoms with Crippen molar-refractivity contribution in [3.8, 4) is 0 Å². The molecular weight excluding hydrogens is 434 g/mol. The molecule has 2 heteroatoms. The number of hydrogen-bond acceptors (Lipinski definition) is 0. The Kier molecular flexibility index (Phi) is 4.69. The summed E-state index contributed by atoms with van der Waals surface area (Å²) >= 11 is 4.82. The molecular formula is C15H16I2. The van der Waals surface area contributed by atoms with Crippen molar-refractivity contribution >= 4 is 45.2 Å². The van der Waals surface area contributed by atoms with Crippen LogP contribution in [0.25, 0.3) is 0 Å². The predicted molar refractivity (Wildman–Crippen MR) is 91.6 cm³/mol. The molecule has 0 saturated carbocycles. The molecule has 0 N–H and O–H groups in total. The van der Waals surface area contributed by atoms with Crippen LogP contribution < -0.4 is 0 Å². The van der Waals surface area contributed by atoms with Crippen LogP contribution in [-0.2, 0) is 6.42 Å². The summed E-state index contributed by atoms with van der Waals surface area (Å²) in [6, 6.07) is 6.82. The first-order valence-corrected chi connectivity index (χ1v) is 8.01. The fourth-order valence-corrected chi connectivity index (χ4v) is 2.97. The molecule has 0 nitrogen and oxygen atoms in total. The zero-order valence-corrected chi connectivity index (χ0v) is 14.4. The molecule has 0 fully saturated rings. The van der Waals surface area contributed by atoms with Crippen molar-refractivity contribution in [2.75, 3.05) is 0 Å². The quantitative estimate of drug-likeness (QED) is 0.528. The van der Waals surface area contributed by atoms with Crippen LogP contribution in [0.2, 0.25) is 0 Å².